The Bertz CT molecular complexity index is 545. The van der Waals surface area contributed by atoms with Crippen molar-refractivity contribution in [1.82, 2.24) is 9.21 Å². The third-order valence-corrected chi connectivity index (χ3v) is 6.05. The summed E-state index contributed by atoms with van der Waals surface area (Å²) in [5.41, 5.74) is -0.118. The molecule has 1 aromatic rings. The maximum Gasteiger partial charge on any atom is 0.211 e. The molecule has 0 radical (unpaired) electrons. The predicted molar refractivity (Wildman–Crippen MR) is 76.7 cm³/mol. The minimum atomic E-state index is -3.08. The molecular weight excluding hydrogens is 276 g/mol. The van der Waals surface area contributed by atoms with Gasteiger partial charge in [-0.05, 0) is 37.8 Å². The van der Waals surface area contributed by atoms with E-state index < -0.39 is 10.0 Å². The van der Waals surface area contributed by atoms with Crippen molar-refractivity contribution in [3.63, 3.8) is 0 Å². The Balaban J connectivity index is 1.65. The van der Waals surface area contributed by atoms with Gasteiger partial charge in [0.15, 0.2) is 0 Å². The maximum absolute atomic E-state index is 11.9. The molecule has 112 valence electrons. The molecule has 1 aromatic heterocycles. The Morgan fingerprint density at radius 1 is 1.25 bits per heavy atom. The molecule has 0 amide bonds. The molecule has 0 aromatic carbocycles. The van der Waals surface area contributed by atoms with Gasteiger partial charge in [-0.2, -0.15) is 4.31 Å². The largest absolute Gasteiger partial charge is 0.468 e. The van der Waals surface area contributed by atoms with E-state index in [-0.39, 0.29) is 5.54 Å². The number of sulfonamides is 1. The van der Waals surface area contributed by atoms with Gasteiger partial charge in [-0.15, -0.1) is 0 Å². The molecule has 2 saturated heterocycles. The van der Waals surface area contributed by atoms with E-state index in [0.29, 0.717) is 6.54 Å². The Morgan fingerprint density at radius 3 is 2.60 bits per heavy atom. The summed E-state index contributed by atoms with van der Waals surface area (Å²) in [6, 6.07) is 3.89. The van der Waals surface area contributed by atoms with Crippen LogP contribution in [0, 0.1) is 0 Å². The van der Waals surface area contributed by atoms with Gasteiger partial charge in [-0.25, -0.2) is 8.42 Å². The third kappa shape index (κ3) is 2.64. The number of furan rings is 1. The van der Waals surface area contributed by atoms with Crippen molar-refractivity contribution in [2.75, 3.05) is 25.9 Å². The fourth-order valence-corrected chi connectivity index (χ4v) is 5.12. The van der Waals surface area contributed by atoms with E-state index in [1.54, 1.807) is 10.6 Å². The molecule has 0 N–H and O–H groups in total. The van der Waals surface area contributed by atoms with Crippen molar-refractivity contribution in [3.8, 4) is 0 Å². The van der Waals surface area contributed by atoms with E-state index in [0.717, 1.165) is 51.1 Å². The second kappa shape index (κ2) is 5.16. The van der Waals surface area contributed by atoms with Crippen LogP contribution in [0.5, 0.6) is 0 Å². The van der Waals surface area contributed by atoms with Crippen molar-refractivity contribution >= 4 is 10.0 Å². The third-order valence-electron chi connectivity index (χ3n) is 4.68. The highest BCUT2D eigenvalue weighted by molar-refractivity contribution is 7.88. The number of likely N-dealkylation sites (tertiary alicyclic amines) is 1. The lowest BCUT2D eigenvalue weighted by atomic mass is 9.86. The van der Waals surface area contributed by atoms with Crippen LogP contribution in [-0.2, 0) is 16.6 Å². The molecule has 0 atom stereocenters. The maximum atomic E-state index is 11.9. The van der Waals surface area contributed by atoms with Gasteiger partial charge >= 0.3 is 0 Å². The van der Waals surface area contributed by atoms with E-state index in [1.165, 1.54) is 6.26 Å². The molecular formula is C14H22N2O3S. The highest BCUT2D eigenvalue weighted by atomic mass is 32.2. The van der Waals surface area contributed by atoms with Crippen LogP contribution in [-0.4, -0.2) is 49.1 Å². The molecule has 3 rings (SSSR count). The minimum absolute atomic E-state index is 0.118. The van der Waals surface area contributed by atoms with Gasteiger partial charge in [-0.3, -0.25) is 4.90 Å². The summed E-state index contributed by atoms with van der Waals surface area (Å²) >= 11 is 0. The zero-order chi connectivity index (χ0) is 14.2. The van der Waals surface area contributed by atoms with Gasteiger partial charge < -0.3 is 4.42 Å². The quantitative estimate of drug-likeness (QED) is 0.852. The van der Waals surface area contributed by atoms with Crippen LogP contribution in [0.1, 0.15) is 31.4 Å². The van der Waals surface area contributed by atoms with Gasteiger partial charge in [0.05, 0.1) is 19.1 Å². The van der Waals surface area contributed by atoms with Crippen LogP contribution in [0.4, 0.5) is 0 Å². The summed E-state index contributed by atoms with van der Waals surface area (Å²) in [6.07, 6.45) is 6.90. The van der Waals surface area contributed by atoms with Crippen LogP contribution in [0.15, 0.2) is 22.8 Å². The lowest BCUT2D eigenvalue weighted by Crippen LogP contribution is -2.53. The summed E-state index contributed by atoms with van der Waals surface area (Å²) in [6.45, 7) is 3.39. The van der Waals surface area contributed by atoms with Crippen molar-refractivity contribution < 1.29 is 12.8 Å². The van der Waals surface area contributed by atoms with Crippen molar-refractivity contribution in [3.05, 3.63) is 24.2 Å². The highest BCUT2D eigenvalue weighted by Gasteiger charge is 2.47. The Labute approximate surface area is 120 Å². The zero-order valence-corrected chi connectivity index (χ0v) is 12.7. The lowest BCUT2D eigenvalue weighted by Gasteiger charge is -2.43. The van der Waals surface area contributed by atoms with E-state index in [9.17, 15) is 8.42 Å². The van der Waals surface area contributed by atoms with Crippen LogP contribution in [0.25, 0.3) is 0 Å². The molecule has 0 saturated carbocycles. The SMILES string of the molecule is CS(=O)(=O)N1CCCC12CCN(Cc1ccco1)CC2. The Kier molecular flexibility index (Phi) is 3.64. The topological polar surface area (TPSA) is 53.8 Å². The molecule has 6 heteroatoms. The van der Waals surface area contributed by atoms with Crippen LogP contribution in [0.3, 0.4) is 0 Å². The van der Waals surface area contributed by atoms with Crippen molar-refractivity contribution in [2.45, 2.75) is 37.8 Å². The molecule has 2 aliphatic heterocycles. The van der Waals surface area contributed by atoms with Gasteiger partial charge in [0, 0.05) is 25.2 Å². The zero-order valence-electron chi connectivity index (χ0n) is 11.9. The van der Waals surface area contributed by atoms with Crippen LogP contribution >= 0.6 is 0 Å². The Hall–Kier alpha value is -0.850. The molecule has 2 aliphatic rings. The average molecular weight is 298 g/mol. The van der Waals surface area contributed by atoms with E-state index in [1.807, 2.05) is 12.1 Å². The molecule has 5 nitrogen and oxygen atoms in total. The Morgan fingerprint density at radius 2 is 2.00 bits per heavy atom. The van der Waals surface area contributed by atoms with Crippen molar-refractivity contribution in [1.29, 1.82) is 0 Å². The average Bonchev–Trinajstić information content (AvgIpc) is 3.01. The van der Waals surface area contributed by atoms with E-state index >= 15 is 0 Å². The predicted octanol–water partition coefficient (Wildman–Crippen LogP) is 1.67. The summed E-state index contributed by atoms with van der Waals surface area (Å²) < 4.78 is 31.0. The van der Waals surface area contributed by atoms with Crippen LogP contribution in [0.2, 0.25) is 0 Å². The van der Waals surface area contributed by atoms with Crippen LogP contribution < -0.4 is 0 Å². The van der Waals surface area contributed by atoms with E-state index in [4.69, 9.17) is 4.42 Å². The first-order valence-corrected chi connectivity index (χ1v) is 9.07. The first-order chi connectivity index (χ1) is 9.50. The van der Waals surface area contributed by atoms with E-state index in [2.05, 4.69) is 4.90 Å². The summed E-state index contributed by atoms with van der Waals surface area (Å²) in [5, 5.41) is 0. The first-order valence-electron chi connectivity index (χ1n) is 7.22. The number of nitrogens with zero attached hydrogens (tertiary/aromatic N) is 2. The van der Waals surface area contributed by atoms with Gasteiger partial charge in [0.2, 0.25) is 10.0 Å². The number of hydrogen-bond acceptors (Lipinski definition) is 4. The molecule has 3 heterocycles. The standard InChI is InChI=1S/C14H22N2O3S/c1-20(17,18)16-8-3-5-14(16)6-9-15(10-7-14)12-13-4-2-11-19-13/h2,4,11H,3,5-10,12H2,1H3. The number of rotatable bonds is 3. The molecule has 0 bridgehead atoms. The summed E-state index contributed by atoms with van der Waals surface area (Å²) in [4.78, 5) is 2.35. The van der Waals surface area contributed by atoms with Gasteiger partial charge in [0.25, 0.3) is 0 Å². The number of hydrogen-bond donors (Lipinski definition) is 0. The first kappa shape index (κ1) is 14.1. The normalized spacial score (nSPS) is 24.4. The fourth-order valence-electron chi connectivity index (χ4n) is 3.68. The monoisotopic (exact) mass is 298 g/mol. The fraction of sp³-hybridized carbons (Fsp3) is 0.714. The summed E-state index contributed by atoms with van der Waals surface area (Å²) in [5.74, 6) is 0.979. The second-order valence-corrected chi connectivity index (χ2v) is 7.93. The molecule has 0 unspecified atom stereocenters. The summed E-state index contributed by atoms with van der Waals surface area (Å²) in [7, 11) is -3.08. The molecule has 2 fully saturated rings. The minimum Gasteiger partial charge on any atom is -0.468 e. The molecule has 0 aliphatic carbocycles. The second-order valence-electron chi connectivity index (χ2n) is 6.02. The van der Waals surface area contributed by atoms with Gasteiger partial charge in [-0.1, -0.05) is 0 Å². The molecule has 1 spiro atoms. The van der Waals surface area contributed by atoms with Crippen molar-refractivity contribution in [2.24, 2.45) is 0 Å². The molecule has 20 heavy (non-hydrogen) atoms. The smallest absolute Gasteiger partial charge is 0.211 e. The highest BCUT2D eigenvalue weighted by Crippen LogP contribution is 2.40. The van der Waals surface area contributed by atoms with Gasteiger partial charge in [0.1, 0.15) is 5.76 Å². The lowest BCUT2D eigenvalue weighted by molar-refractivity contribution is 0.0939. The number of piperidine rings is 1.